The molecule has 1 aromatic heterocycles. The van der Waals surface area contributed by atoms with Crippen LogP contribution in [-0.4, -0.2) is 41.2 Å². The monoisotopic (exact) mass is 467 g/mol. The molecule has 0 spiro atoms. The number of halogens is 1. The maximum Gasteiger partial charge on any atom is 0.409 e. The molecule has 1 N–H and O–H groups in total. The Balaban J connectivity index is 1.56. The van der Waals surface area contributed by atoms with Gasteiger partial charge in [0.1, 0.15) is 0 Å². The number of nitrogens with zero attached hydrogens (tertiary/aromatic N) is 2. The lowest BCUT2D eigenvalue weighted by molar-refractivity contribution is 0.0923. The van der Waals surface area contributed by atoms with Crippen LogP contribution >= 0.6 is 11.6 Å². The van der Waals surface area contributed by atoms with Crippen molar-refractivity contribution in [3.05, 3.63) is 75.2 Å². The third kappa shape index (κ3) is 4.73. The fraction of sp³-hybridized carbons (Fsp3) is 0.320. The largest absolute Gasteiger partial charge is 0.450 e. The first kappa shape index (κ1) is 22.9. The van der Waals surface area contributed by atoms with E-state index < -0.39 is 0 Å². The van der Waals surface area contributed by atoms with Gasteiger partial charge in [0, 0.05) is 52.4 Å². The average Bonchev–Trinajstić information content (AvgIpc) is 2.82. The number of ether oxygens (including phenoxy) is 1. The summed E-state index contributed by atoms with van der Waals surface area (Å²) in [5, 5.41) is 4.63. The third-order valence-electron chi connectivity index (χ3n) is 6.04. The molecule has 2 heterocycles. The van der Waals surface area contributed by atoms with Crippen molar-refractivity contribution in [3.8, 4) is 0 Å². The SMILES string of the molecule is CCOC(=O)N1CCC(n2ccc3c(NC(=O)c4ccc(C)c(Cl)c4)cccc3c2=O)CC1. The number of aromatic nitrogens is 1. The first-order chi connectivity index (χ1) is 15.9. The van der Waals surface area contributed by atoms with Crippen molar-refractivity contribution in [1.29, 1.82) is 0 Å². The molecular formula is C25H26ClN3O4. The van der Waals surface area contributed by atoms with Gasteiger partial charge in [-0.25, -0.2) is 4.79 Å². The van der Waals surface area contributed by atoms with Crippen LogP contribution in [0.1, 0.15) is 41.7 Å². The quantitative estimate of drug-likeness (QED) is 0.585. The van der Waals surface area contributed by atoms with E-state index in [9.17, 15) is 14.4 Å². The van der Waals surface area contributed by atoms with Gasteiger partial charge in [-0.05, 0) is 62.6 Å². The fourth-order valence-corrected chi connectivity index (χ4v) is 4.34. The lowest BCUT2D eigenvalue weighted by Gasteiger charge is -2.32. The zero-order valence-electron chi connectivity index (χ0n) is 18.6. The molecule has 8 heteroatoms. The molecule has 1 aliphatic rings. The molecule has 0 unspecified atom stereocenters. The summed E-state index contributed by atoms with van der Waals surface area (Å²) < 4.78 is 6.80. The summed E-state index contributed by atoms with van der Waals surface area (Å²) in [6, 6.07) is 12.3. The molecule has 0 atom stereocenters. The van der Waals surface area contributed by atoms with Gasteiger partial charge in [-0.1, -0.05) is 23.7 Å². The number of fused-ring (bicyclic) bond motifs is 1. The number of hydrogen-bond acceptors (Lipinski definition) is 4. The van der Waals surface area contributed by atoms with Gasteiger partial charge in [0.2, 0.25) is 0 Å². The Morgan fingerprint density at radius 1 is 1.12 bits per heavy atom. The minimum Gasteiger partial charge on any atom is -0.450 e. The van der Waals surface area contributed by atoms with Gasteiger partial charge in [-0.2, -0.15) is 0 Å². The summed E-state index contributed by atoms with van der Waals surface area (Å²) >= 11 is 6.16. The van der Waals surface area contributed by atoms with Gasteiger partial charge in [0.25, 0.3) is 11.5 Å². The number of pyridine rings is 1. The summed E-state index contributed by atoms with van der Waals surface area (Å²) in [6.07, 6.45) is 2.81. The highest BCUT2D eigenvalue weighted by Crippen LogP contribution is 2.26. The van der Waals surface area contributed by atoms with Crippen LogP contribution < -0.4 is 10.9 Å². The van der Waals surface area contributed by atoms with Crippen LogP contribution in [0.25, 0.3) is 10.8 Å². The van der Waals surface area contributed by atoms with E-state index in [4.69, 9.17) is 16.3 Å². The van der Waals surface area contributed by atoms with E-state index in [-0.39, 0.29) is 23.6 Å². The number of benzene rings is 2. The molecule has 0 radical (unpaired) electrons. The van der Waals surface area contributed by atoms with Crippen molar-refractivity contribution in [1.82, 2.24) is 9.47 Å². The number of aryl methyl sites for hydroxylation is 1. The van der Waals surface area contributed by atoms with Crippen molar-refractivity contribution < 1.29 is 14.3 Å². The van der Waals surface area contributed by atoms with Crippen LogP contribution in [0, 0.1) is 6.92 Å². The molecule has 4 rings (SSSR count). The standard InChI is InChI=1S/C25H26ClN3O4/c1-3-33-25(32)28-12-9-18(10-13-28)29-14-11-19-20(24(29)31)5-4-6-22(19)27-23(30)17-8-7-16(2)21(26)15-17/h4-8,11,14-15,18H,3,9-10,12-13H2,1-2H3,(H,27,30). The molecule has 1 saturated heterocycles. The minimum atomic E-state index is -0.308. The number of rotatable bonds is 4. The predicted octanol–water partition coefficient (Wildman–Crippen LogP) is 5.01. The minimum absolute atomic E-state index is 0.000485. The van der Waals surface area contributed by atoms with Crippen LogP contribution in [0.5, 0.6) is 0 Å². The summed E-state index contributed by atoms with van der Waals surface area (Å²) in [6.45, 7) is 5.09. The molecule has 0 bridgehead atoms. The average molecular weight is 468 g/mol. The van der Waals surface area contributed by atoms with E-state index in [1.165, 1.54) is 0 Å². The normalized spacial score (nSPS) is 14.3. The zero-order valence-corrected chi connectivity index (χ0v) is 19.4. The second-order valence-electron chi connectivity index (χ2n) is 8.13. The lowest BCUT2D eigenvalue weighted by atomic mass is 10.0. The van der Waals surface area contributed by atoms with Crippen molar-refractivity contribution in [3.63, 3.8) is 0 Å². The first-order valence-electron chi connectivity index (χ1n) is 11.0. The third-order valence-corrected chi connectivity index (χ3v) is 6.45. The van der Waals surface area contributed by atoms with E-state index in [0.29, 0.717) is 59.6 Å². The molecule has 1 fully saturated rings. The highest BCUT2D eigenvalue weighted by atomic mass is 35.5. The maximum absolute atomic E-state index is 13.3. The van der Waals surface area contributed by atoms with Gasteiger partial charge >= 0.3 is 6.09 Å². The number of piperidine rings is 1. The highest BCUT2D eigenvalue weighted by Gasteiger charge is 2.25. The second-order valence-corrected chi connectivity index (χ2v) is 8.54. The van der Waals surface area contributed by atoms with E-state index >= 15 is 0 Å². The molecule has 0 saturated carbocycles. The van der Waals surface area contributed by atoms with E-state index in [1.807, 2.05) is 13.0 Å². The van der Waals surface area contributed by atoms with E-state index in [2.05, 4.69) is 5.32 Å². The Bertz CT molecular complexity index is 1260. The second kappa shape index (κ2) is 9.67. The Morgan fingerprint density at radius 2 is 1.88 bits per heavy atom. The van der Waals surface area contributed by atoms with Crippen LogP contribution in [0.3, 0.4) is 0 Å². The number of carbonyl (C=O) groups excluding carboxylic acids is 2. The molecule has 2 amide bonds. The number of carbonyl (C=O) groups is 2. The van der Waals surface area contributed by atoms with Crippen LogP contribution in [-0.2, 0) is 4.74 Å². The summed E-state index contributed by atoms with van der Waals surface area (Å²) in [4.78, 5) is 39.6. The topological polar surface area (TPSA) is 80.6 Å². The molecule has 33 heavy (non-hydrogen) atoms. The number of amides is 2. The predicted molar refractivity (Wildman–Crippen MR) is 129 cm³/mol. The Hall–Kier alpha value is -3.32. The van der Waals surface area contributed by atoms with E-state index in [1.54, 1.807) is 59.0 Å². The molecule has 172 valence electrons. The van der Waals surface area contributed by atoms with Gasteiger partial charge < -0.3 is 19.5 Å². The Morgan fingerprint density at radius 3 is 2.58 bits per heavy atom. The Kier molecular flexibility index (Phi) is 6.70. The molecule has 0 aliphatic carbocycles. The van der Waals surface area contributed by atoms with Crippen molar-refractivity contribution in [2.45, 2.75) is 32.7 Å². The van der Waals surface area contributed by atoms with E-state index in [0.717, 1.165) is 5.56 Å². The number of likely N-dealkylation sites (tertiary alicyclic amines) is 1. The molecule has 3 aromatic rings. The van der Waals surface area contributed by atoms with Gasteiger partial charge in [-0.3, -0.25) is 9.59 Å². The van der Waals surface area contributed by atoms with Crippen molar-refractivity contribution in [2.24, 2.45) is 0 Å². The molecule has 7 nitrogen and oxygen atoms in total. The zero-order chi connectivity index (χ0) is 23.5. The number of nitrogens with one attached hydrogen (secondary N) is 1. The maximum atomic E-state index is 13.3. The molecular weight excluding hydrogens is 442 g/mol. The summed E-state index contributed by atoms with van der Waals surface area (Å²) in [5.74, 6) is -0.292. The van der Waals surface area contributed by atoms with Crippen LogP contribution in [0.4, 0.5) is 10.5 Å². The van der Waals surface area contributed by atoms with Crippen molar-refractivity contribution >= 4 is 40.1 Å². The van der Waals surface area contributed by atoms with Gasteiger partial charge in [0.15, 0.2) is 0 Å². The lowest BCUT2D eigenvalue weighted by Crippen LogP contribution is -2.41. The number of hydrogen-bond donors (Lipinski definition) is 1. The van der Waals surface area contributed by atoms with Gasteiger partial charge in [0.05, 0.1) is 6.61 Å². The summed E-state index contributed by atoms with van der Waals surface area (Å²) in [5.41, 5.74) is 1.79. The molecule has 2 aromatic carbocycles. The number of anilines is 1. The first-order valence-corrected chi connectivity index (χ1v) is 11.4. The fourth-order valence-electron chi connectivity index (χ4n) is 4.16. The van der Waals surface area contributed by atoms with Crippen LogP contribution in [0.2, 0.25) is 5.02 Å². The van der Waals surface area contributed by atoms with Gasteiger partial charge in [-0.15, -0.1) is 0 Å². The summed E-state index contributed by atoms with van der Waals surface area (Å²) in [7, 11) is 0. The Labute approximate surface area is 196 Å². The highest BCUT2D eigenvalue weighted by molar-refractivity contribution is 6.31. The smallest absolute Gasteiger partial charge is 0.409 e. The van der Waals surface area contributed by atoms with Crippen molar-refractivity contribution in [2.75, 3.05) is 25.0 Å². The van der Waals surface area contributed by atoms with Crippen LogP contribution in [0.15, 0.2) is 53.5 Å². The molecule has 1 aliphatic heterocycles.